The molecule has 0 atom stereocenters. The summed E-state index contributed by atoms with van der Waals surface area (Å²) in [4.78, 5) is 0. The van der Waals surface area contributed by atoms with E-state index in [-0.39, 0.29) is 18.3 Å². The van der Waals surface area contributed by atoms with Gasteiger partial charge in [-0.05, 0) is 61.1 Å². The van der Waals surface area contributed by atoms with E-state index in [0.717, 1.165) is 27.4 Å². The Morgan fingerprint density at radius 3 is 2.28 bits per heavy atom. The van der Waals surface area contributed by atoms with Gasteiger partial charge in [0.05, 0.1) is 12.6 Å². The zero-order valence-electron chi connectivity index (χ0n) is 16.2. The summed E-state index contributed by atoms with van der Waals surface area (Å²) in [6.07, 6.45) is 0. The summed E-state index contributed by atoms with van der Waals surface area (Å²) in [6, 6.07) is 20.8. The number of hydrogen-bond donors (Lipinski definition) is 0. The van der Waals surface area contributed by atoms with Crippen LogP contribution in [0.4, 0.5) is 0 Å². The number of rotatable bonds is 2. The van der Waals surface area contributed by atoms with Crippen LogP contribution in [0.3, 0.4) is 0 Å². The van der Waals surface area contributed by atoms with E-state index < -0.39 is 0 Å². The lowest BCUT2D eigenvalue weighted by molar-refractivity contribution is 0.00578. The highest BCUT2D eigenvalue weighted by molar-refractivity contribution is 6.63. The molecule has 1 aliphatic heterocycles. The van der Waals surface area contributed by atoms with Gasteiger partial charge in [0.2, 0.25) is 0 Å². The van der Waals surface area contributed by atoms with Crippen LogP contribution < -0.4 is 5.46 Å². The largest absolute Gasteiger partial charge is 0.495 e. The SMILES string of the molecule is [2H]c1ccc2cc(-c3ccccc3B3OC(C)(C)C(C)(C)O3)ccc2c1. The summed E-state index contributed by atoms with van der Waals surface area (Å²) >= 11 is 0. The molecule has 0 bridgehead atoms. The Morgan fingerprint density at radius 2 is 1.52 bits per heavy atom. The van der Waals surface area contributed by atoms with E-state index >= 15 is 0 Å². The highest BCUT2D eigenvalue weighted by Crippen LogP contribution is 2.37. The van der Waals surface area contributed by atoms with E-state index in [2.05, 4.69) is 58.0 Å². The summed E-state index contributed by atoms with van der Waals surface area (Å²) in [5, 5.41) is 2.21. The maximum atomic E-state index is 7.78. The van der Waals surface area contributed by atoms with Gasteiger partial charge in [-0.2, -0.15) is 0 Å². The fraction of sp³-hybridized carbons (Fsp3) is 0.273. The molecule has 0 N–H and O–H groups in total. The van der Waals surface area contributed by atoms with Crippen LogP contribution in [0, 0.1) is 0 Å². The van der Waals surface area contributed by atoms with Gasteiger partial charge in [-0.1, -0.05) is 60.6 Å². The minimum absolute atomic E-state index is 0.362. The minimum Gasteiger partial charge on any atom is -0.399 e. The van der Waals surface area contributed by atoms with E-state index in [0.29, 0.717) is 6.04 Å². The molecule has 3 aromatic rings. The first-order chi connectivity index (χ1) is 12.3. The van der Waals surface area contributed by atoms with Gasteiger partial charge in [0.1, 0.15) is 0 Å². The van der Waals surface area contributed by atoms with Gasteiger partial charge in [0.15, 0.2) is 0 Å². The van der Waals surface area contributed by atoms with Crippen LogP contribution in [0.15, 0.2) is 66.7 Å². The van der Waals surface area contributed by atoms with E-state index in [1.807, 2.05) is 30.3 Å². The van der Waals surface area contributed by atoms with Crippen LogP contribution in [0.25, 0.3) is 21.9 Å². The average Bonchev–Trinajstić information content (AvgIpc) is 2.82. The Hall–Kier alpha value is -2.10. The van der Waals surface area contributed by atoms with Crippen molar-refractivity contribution < 1.29 is 10.7 Å². The Balaban J connectivity index is 1.79. The molecule has 1 aliphatic rings. The second-order valence-corrected chi connectivity index (χ2v) is 7.66. The Bertz CT molecular complexity index is 965. The molecule has 0 aromatic heterocycles. The smallest absolute Gasteiger partial charge is 0.399 e. The van der Waals surface area contributed by atoms with Crippen molar-refractivity contribution in [2.24, 2.45) is 0 Å². The van der Waals surface area contributed by atoms with Crippen molar-refractivity contribution in [1.82, 2.24) is 0 Å². The van der Waals surface area contributed by atoms with Gasteiger partial charge >= 0.3 is 7.12 Å². The maximum absolute atomic E-state index is 7.78. The van der Waals surface area contributed by atoms with Crippen LogP contribution in [-0.4, -0.2) is 18.3 Å². The van der Waals surface area contributed by atoms with Crippen molar-refractivity contribution in [2.45, 2.75) is 38.9 Å². The van der Waals surface area contributed by atoms with Crippen LogP contribution in [0.5, 0.6) is 0 Å². The molecule has 0 unspecified atom stereocenters. The summed E-state index contributed by atoms with van der Waals surface area (Å²) in [5.74, 6) is 0. The van der Waals surface area contributed by atoms with Crippen molar-refractivity contribution in [1.29, 1.82) is 0 Å². The summed E-state index contributed by atoms with van der Waals surface area (Å²) in [7, 11) is -0.387. The average molecular weight is 331 g/mol. The molecule has 0 radical (unpaired) electrons. The van der Waals surface area contributed by atoms with Gasteiger partial charge < -0.3 is 9.31 Å². The zero-order valence-corrected chi connectivity index (χ0v) is 15.2. The lowest BCUT2D eigenvalue weighted by Crippen LogP contribution is -2.41. The van der Waals surface area contributed by atoms with Crippen molar-refractivity contribution in [3.8, 4) is 11.1 Å². The van der Waals surface area contributed by atoms with E-state index in [9.17, 15) is 0 Å². The number of fused-ring (bicyclic) bond motifs is 1. The highest BCUT2D eigenvalue weighted by Gasteiger charge is 2.52. The van der Waals surface area contributed by atoms with E-state index in [1.54, 1.807) is 0 Å². The highest BCUT2D eigenvalue weighted by atomic mass is 16.7. The number of hydrogen-bond acceptors (Lipinski definition) is 2. The van der Waals surface area contributed by atoms with E-state index in [4.69, 9.17) is 10.7 Å². The molecule has 4 rings (SSSR count). The molecule has 3 heteroatoms. The lowest BCUT2D eigenvalue weighted by atomic mass is 9.74. The monoisotopic (exact) mass is 331 g/mol. The Morgan fingerprint density at radius 1 is 0.800 bits per heavy atom. The summed E-state index contributed by atoms with van der Waals surface area (Å²) < 4.78 is 20.3. The quantitative estimate of drug-likeness (QED) is 0.628. The first-order valence-electron chi connectivity index (χ1n) is 9.22. The van der Waals surface area contributed by atoms with Crippen molar-refractivity contribution in [3.05, 3.63) is 66.7 Å². The molecule has 126 valence electrons. The van der Waals surface area contributed by atoms with Gasteiger partial charge in [-0.25, -0.2) is 0 Å². The van der Waals surface area contributed by atoms with Crippen molar-refractivity contribution in [3.63, 3.8) is 0 Å². The van der Waals surface area contributed by atoms with Crippen molar-refractivity contribution >= 4 is 23.4 Å². The molecule has 25 heavy (non-hydrogen) atoms. The van der Waals surface area contributed by atoms with Gasteiger partial charge in [0, 0.05) is 0 Å². The van der Waals surface area contributed by atoms with Crippen LogP contribution in [0.2, 0.25) is 0 Å². The third-order valence-corrected chi connectivity index (χ3v) is 5.46. The molecule has 3 aromatic carbocycles. The molecule has 2 nitrogen and oxygen atoms in total. The Kier molecular flexibility index (Phi) is 3.47. The second-order valence-electron chi connectivity index (χ2n) is 7.66. The zero-order chi connectivity index (χ0) is 18.5. The molecular weight excluding hydrogens is 307 g/mol. The predicted molar refractivity (Wildman–Crippen MR) is 105 cm³/mol. The fourth-order valence-electron chi connectivity index (χ4n) is 3.23. The first kappa shape index (κ1) is 15.2. The molecule has 0 amide bonds. The maximum Gasteiger partial charge on any atom is 0.495 e. The van der Waals surface area contributed by atoms with Crippen LogP contribution >= 0.6 is 0 Å². The fourth-order valence-corrected chi connectivity index (χ4v) is 3.23. The Labute approximate surface area is 151 Å². The molecule has 0 saturated carbocycles. The van der Waals surface area contributed by atoms with Gasteiger partial charge in [0.25, 0.3) is 0 Å². The summed E-state index contributed by atoms with van der Waals surface area (Å²) in [5.41, 5.74) is 2.56. The van der Waals surface area contributed by atoms with Gasteiger partial charge in [-0.3, -0.25) is 0 Å². The predicted octanol–water partition coefficient (Wildman–Crippen LogP) is 4.81. The lowest BCUT2D eigenvalue weighted by Gasteiger charge is -2.32. The molecule has 1 fully saturated rings. The van der Waals surface area contributed by atoms with Crippen molar-refractivity contribution in [2.75, 3.05) is 0 Å². The molecule has 1 saturated heterocycles. The van der Waals surface area contributed by atoms with Crippen LogP contribution in [-0.2, 0) is 9.31 Å². The standard InChI is InChI=1S/C22H23BO2/c1-21(2)22(3,4)25-23(24-21)20-12-8-7-11-19(20)18-14-13-16-9-5-6-10-17(16)15-18/h5-15H,1-4H3/i5D. The topological polar surface area (TPSA) is 18.5 Å². The molecule has 0 aliphatic carbocycles. The molecule has 1 heterocycles. The number of benzene rings is 3. The summed E-state index contributed by atoms with van der Waals surface area (Å²) in [6.45, 7) is 8.29. The third kappa shape index (κ3) is 2.78. The normalized spacial score (nSPS) is 19.2. The minimum atomic E-state index is -0.387. The van der Waals surface area contributed by atoms with Crippen LogP contribution in [0.1, 0.15) is 29.1 Å². The van der Waals surface area contributed by atoms with E-state index in [1.165, 1.54) is 0 Å². The molecule has 0 spiro atoms. The third-order valence-electron chi connectivity index (χ3n) is 5.46. The second kappa shape index (κ2) is 5.72. The molecular formula is C22H23BO2. The van der Waals surface area contributed by atoms with Gasteiger partial charge in [-0.15, -0.1) is 0 Å². The first-order valence-corrected chi connectivity index (χ1v) is 8.72.